The van der Waals surface area contributed by atoms with Gasteiger partial charge in [-0.3, -0.25) is 14.5 Å². The lowest BCUT2D eigenvalue weighted by Gasteiger charge is -2.13. The molecule has 3 aromatic rings. The number of hydrogen-bond donors (Lipinski definition) is 0. The summed E-state index contributed by atoms with van der Waals surface area (Å²) in [6.45, 7) is 2.47. The second-order valence-corrected chi connectivity index (χ2v) is 9.16. The molecule has 0 radical (unpaired) electrons. The maximum Gasteiger partial charge on any atom is 0.293 e. The van der Waals surface area contributed by atoms with E-state index in [4.69, 9.17) is 27.9 Å². The number of thioether (sulfide) groups is 1. The molecule has 0 atom stereocenters. The number of aryl methyl sites for hydroxylation is 1. The Hall–Kier alpha value is -2.73. The van der Waals surface area contributed by atoms with E-state index >= 15 is 0 Å². The van der Waals surface area contributed by atoms with Crippen molar-refractivity contribution in [3.8, 4) is 5.75 Å². The molecule has 0 N–H and O–H groups in total. The smallest absolute Gasteiger partial charge is 0.293 e. The summed E-state index contributed by atoms with van der Waals surface area (Å²) in [5.41, 5.74) is 3.50. The Kier molecular flexibility index (Phi) is 6.89. The monoisotopic (exact) mass is 483 g/mol. The Balaban J connectivity index is 1.52. The van der Waals surface area contributed by atoms with E-state index in [1.54, 1.807) is 18.2 Å². The van der Waals surface area contributed by atoms with Crippen molar-refractivity contribution in [2.75, 3.05) is 0 Å². The minimum absolute atomic E-state index is 0.246. The van der Waals surface area contributed by atoms with Crippen LogP contribution in [0.1, 0.15) is 22.3 Å². The third-order valence-corrected chi connectivity index (χ3v) is 6.39. The molecule has 2 amide bonds. The van der Waals surface area contributed by atoms with Crippen LogP contribution in [-0.4, -0.2) is 16.0 Å². The Morgan fingerprint density at radius 1 is 1.00 bits per heavy atom. The van der Waals surface area contributed by atoms with Crippen LogP contribution in [0.4, 0.5) is 4.79 Å². The molecule has 32 heavy (non-hydrogen) atoms. The molecule has 1 saturated heterocycles. The Labute approximate surface area is 200 Å². The molecule has 1 aliphatic rings. The highest BCUT2D eigenvalue weighted by atomic mass is 35.5. The topological polar surface area (TPSA) is 46.6 Å². The molecule has 1 aliphatic heterocycles. The van der Waals surface area contributed by atoms with E-state index in [9.17, 15) is 9.59 Å². The van der Waals surface area contributed by atoms with Crippen LogP contribution in [0.15, 0.2) is 71.6 Å². The number of benzene rings is 3. The highest BCUT2D eigenvalue weighted by Crippen LogP contribution is 2.35. The number of imide groups is 1. The lowest BCUT2D eigenvalue weighted by Crippen LogP contribution is -2.27. The van der Waals surface area contributed by atoms with Crippen molar-refractivity contribution in [3.63, 3.8) is 0 Å². The van der Waals surface area contributed by atoms with Gasteiger partial charge in [0.1, 0.15) is 12.4 Å². The number of halogens is 2. The van der Waals surface area contributed by atoms with Gasteiger partial charge in [0.15, 0.2) is 0 Å². The third kappa shape index (κ3) is 5.18. The van der Waals surface area contributed by atoms with Crippen molar-refractivity contribution in [1.82, 2.24) is 4.90 Å². The van der Waals surface area contributed by atoms with Crippen molar-refractivity contribution in [2.24, 2.45) is 0 Å². The van der Waals surface area contributed by atoms with Crippen molar-refractivity contribution in [2.45, 2.75) is 20.1 Å². The van der Waals surface area contributed by atoms with Gasteiger partial charge in [-0.05, 0) is 48.5 Å². The quantitative estimate of drug-likeness (QED) is 0.350. The Morgan fingerprint density at radius 3 is 2.59 bits per heavy atom. The highest BCUT2D eigenvalue weighted by molar-refractivity contribution is 8.18. The molecule has 0 unspecified atom stereocenters. The van der Waals surface area contributed by atoms with E-state index in [1.165, 1.54) is 4.90 Å². The van der Waals surface area contributed by atoms with Crippen LogP contribution in [-0.2, 0) is 17.9 Å². The van der Waals surface area contributed by atoms with Gasteiger partial charge >= 0.3 is 0 Å². The zero-order valence-electron chi connectivity index (χ0n) is 17.2. The van der Waals surface area contributed by atoms with Gasteiger partial charge in [0, 0.05) is 21.2 Å². The summed E-state index contributed by atoms with van der Waals surface area (Å²) in [5, 5.41) is 0.793. The first-order valence-corrected chi connectivity index (χ1v) is 11.4. The third-order valence-electron chi connectivity index (χ3n) is 4.90. The fourth-order valence-electron chi connectivity index (χ4n) is 3.30. The molecule has 162 valence electrons. The summed E-state index contributed by atoms with van der Waals surface area (Å²) in [5.74, 6) is 0.279. The van der Waals surface area contributed by atoms with E-state index in [0.29, 0.717) is 26.3 Å². The van der Waals surface area contributed by atoms with E-state index in [0.717, 1.165) is 28.5 Å². The average molecular weight is 484 g/mol. The van der Waals surface area contributed by atoms with Gasteiger partial charge in [-0.2, -0.15) is 0 Å². The summed E-state index contributed by atoms with van der Waals surface area (Å²) < 4.78 is 5.96. The van der Waals surface area contributed by atoms with Crippen LogP contribution in [0, 0.1) is 6.92 Å². The van der Waals surface area contributed by atoms with Gasteiger partial charge in [0.2, 0.25) is 0 Å². The van der Waals surface area contributed by atoms with Crippen molar-refractivity contribution < 1.29 is 14.3 Å². The van der Waals surface area contributed by atoms with E-state index in [2.05, 4.69) is 0 Å². The summed E-state index contributed by atoms with van der Waals surface area (Å²) in [4.78, 5) is 27.1. The van der Waals surface area contributed by atoms with Crippen molar-refractivity contribution >= 4 is 52.2 Å². The van der Waals surface area contributed by atoms with Gasteiger partial charge in [0.25, 0.3) is 11.1 Å². The number of hydrogen-bond acceptors (Lipinski definition) is 4. The minimum Gasteiger partial charge on any atom is -0.488 e. The molecule has 4 nitrogen and oxygen atoms in total. The Bertz CT molecular complexity index is 1230. The van der Waals surface area contributed by atoms with Crippen LogP contribution >= 0.6 is 35.0 Å². The maximum absolute atomic E-state index is 12.9. The predicted molar refractivity (Wildman–Crippen MR) is 130 cm³/mol. The maximum atomic E-state index is 12.9. The Morgan fingerprint density at radius 2 is 1.81 bits per heavy atom. The van der Waals surface area contributed by atoms with Gasteiger partial charge in [-0.25, -0.2) is 0 Å². The fraction of sp³-hybridized carbons (Fsp3) is 0.120. The number of ether oxygens (including phenoxy) is 1. The van der Waals surface area contributed by atoms with Gasteiger partial charge < -0.3 is 4.74 Å². The number of rotatable bonds is 6. The van der Waals surface area contributed by atoms with Crippen molar-refractivity contribution in [3.05, 3.63) is 104 Å². The normalized spacial score (nSPS) is 15.0. The molecule has 4 rings (SSSR count). The van der Waals surface area contributed by atoms with Crippen LogP contribution in [0.25, 0.3) is 6.08 Å². The molecule has 0 aromatic heterocycles. The SMILES string of the molecule is Cc1cccc(CN2C(=O)S/C(=C/c3ccccc3OCc3ccc(Cl)cc3Cl)C2=O)c1. The van der Waals surface area contributed by atoms with Crippen LogP contribution in [0.3, 0.4) is 0 Å². The lowest BCUT2D eigenvalue weighted by molar-refractivity contribution is -0.123. The number of nitrogens with zero attached hydrogens (tertiary/aromatic N) is 1. The first-order valence-electron chi connectivity index (χ1n) is 9.87. The average Bonchev–Trinajstić information content (AvgIpc) is 3.01. The second-order valence-electron chi connectivity index (χ2n) is 7.32. The molecule has 0 aliphatic carbocycles. The molecular weight excluding hydrogens is 465 g/mol. The molecule has 1 heterocycles. The fourth-order valence-corrected chi connectivity index (χ4v) is 4.59. The first-order chi connectivity index (χ1) is 15.4. The van der Waals surface area contributed by atoms with E-state index < -0.39 is 0 Å². The molecule has 0 saturated carbocycles. The minimum atomic E-state index is -0.308. The van der Waals surface area contributed by atoms with E-state index in [1.807, 2.05) is 61.5 Å². The largest absolute Gasteiger partial charge is 0.488 e. The highest BCUT2D eigenvalue weighted by Gasteiger charge is 2.35. The zero-order valence-corrected chi connectivity index (χ0v) is 19.5. The molecule has 7 heteroatoms. The van der Waals surface area contributed by atoms with Crippen LogP contribution in [0.5, 0.6) is 5.75 Å². The van der Waals surface area contributed by atoms with E-state index in [-0.39, 0.29) is 24.3 Å². The van der Waals surface area contributed by atoms with Gasteiger partial charge in [-0.1, -0.05) is 77.3 Å². The predicted octanol–water partition coefficient (Wildman–Crippen LogP) is 7.12. The number of carbonyl (C=O) groups is 2. The standard InChI is InChI=1S/C25H19Cl2NO3S/c1-16-5-4-6-17(11-16)14-28-24(29)23(32-25(28)30)12-18-7-2-3-8-22(18)31-15-19-9-10-20(26)13-21(19)27/h2-13H,14-15H2,1H3/b23-12+. The number of amides is 2. The molecule has 0 spiro atoms. The first kappa shape index (κ1) is 22.5. The lowest BCUT2D eigenvalue weighted by atomic mass is 10.1. The summed E-state index contributed by atoms with van der Waals surface area (Å²) in [6, 6.07) is 20.4. The molecule has 3 aromatic carbocycles. The summed E-state index contributed by atoms with van der Waals surface area (Å²) in [6.07, 6.45) is 1.69. The molecule has 1 fully saturated rings. The number of carbonyl (C=O) groups excluding carboxylic acids is 2. The van der Waals surface area contributed by atoms with Gasteiger partial charge in [0.05, 0.1) is 11.4 Å². The number of para-hydroxylation sites is 1. The van der Waals surface area contributed by atoms with Crippen LogP contribution in [0.2, 0.25) is 10.0 Å². The van der Waals surface area contributed by atoms with Gasteiger partial charge in [-0.15, -0.1) is 0 Å². The van der Waals surface area contributed by atoms with Crippen molar-refractivity contribution in [1.29, 1.82) is 0 Å². The second kappa shape index (κ2) is 9.82. The summed E-state index contributed by atoms with van der Waals surface area (Å²) in [7, 11) is 0. The zero-order chi connectivity index (χ0) is 22.7. The molecular formula is C25H19Cl2NO3S. The van der Waals surface area contributed by atoms with Crippen LogP contribution < -0.4 is 4.74 Å². The summed E-state index contributed by atoms with van der Waals surface area (Å²) >= 11 is 13.1. The molecule has 0 bridgehead atoms.